The number of halogens is 6. The van der Waals surface area contributed by atoms with Gasteiger partial charge >= 0.3 is 24.3 Å². The maximum atomic E-state index is 13.8. The van der Waals surface area contributed by atoms with Gasteiger partial charge in [-0.25, -0.2) is 14.6 Å². The van der Waals surface area contributed by atoms with E-state index in [2.05, 4.69) is 40.9 Å². The number of nitrogens with zero attached hydrogens (tertiary/aromatic N) is 9. The first-order valence-corrected chi connectivity index (χ1v) is 19.8. The lowest BCUT2D eigenvalue weighted by Gasteiger charge is -2.26. The van der Waals surface area contributed by atoms with E-state index in [1.807, 2.05) is 60.7 Å². The molecule has 2 saturated heterocycles. The van der Waals surface area contributed by atoms with Crippen molar-refractivity contribution in [3.05, 3.63) is 83.9 Å². The molecule has 22 heteroatoms. The summed E-state index contributed by atoms with van der Waals surface area (Å²) in [5.41, 5.74) is 1.99. The molecule has 324 valence electrons. The number of tetrazole rings is 1. The summed E-state index contributed by atoms with van der Waals surface area (Å²) in [5, 5.41) is 18.6. The Labute approximate surface area is 344 Å². The van der Waals surface area contributed by atoms with Crippen LogP contribution in [0.1, 0.15) is 67.3 Å². The predicted molar refractivity (Wildman–Crippen MR) is 203 cm³/mol. The Balaban J connectivity index is 1.19. The fourth-order valence-electron chi connectivity index (χ4n) is 7.50. The Morgan fingerprint density at radius 1 is 0.836 bits per heavy atom. The molecule has 8 rings (SSSR count). The normalized spacial score (nSPS) is 21.2. The second-order valence-corrected chi connectivity index (χ2v) is 15.1. The summed E-state index contributed by atoms with van der Waals surface area (Å²) < 4.78 is 99.3. The number of anilines is 2. The van der Waals surface area contributed by atoms with Crippen LogP contribution in [0, 0.1) is 5.92 Å². The Bertz CT molecular complexity index is 2240. The number of carbonyl (C=O) groups is 2. The van der Waals surface area contributed by atoms with Crippen LogP contribution in [-0.4, -0.2) is 114 Å². The molecule has 0 amide bonds. The Kier molecular flexibility index (Phi) is 12.1. The molecule has 4 atom stereocenters. The lowest BCUT2D eigenvalue weighted by Crippen LogP contribution is -2.42. The number of nitrogens with one attached hydrogen (secondary N) is 2. The van der Waals surface area contributed by atoms with Gasteiger partial charge in [0.25, 0.3) is 0 Å². The average Bonchev–Trinajstić information content (AvgIpc) is 3.59. The van der Waals surface area contributed by atoms with E-state index in [4.69, 9.17) is 19.2 Å². The van der Waals surface area contributed by atoms with Gasteiger partial charge in [0.15, 0.2) is 41.5 Å². The molecule has 1 aliphatic carbocycles. The van der Waals surface area contributed by atoms with Gasteiger partial charge < -0.3 is 29.7 Å². The summed E-state index contributed by atoms with van der Waals surface area (Å²) in [5.74, 6) is -5.68. The van der Waals surface area contributed by atoms with E-state index in [9.17, 15) is 35.9 Å². The minimum absolute atomic E-state index is 0.0705. The Morgan fingerprint density at radius 3 is 2.10 bits per heavy atom. The molecular weight excluding hydrogens is 816 g/mol. The maximum absolute atomic E-state index is 13.8. The number of ether oxygens (including phenoxy) is 3. The summed E-state index contributed by atoms with van der Waals surface area (Å²) in [6, 6.07) is 19.4. The summed E-state index contributed by atoms with van der Waals surface area (Å²) in [6.07, 6.45) is -13.6. The van der Waals surface area contributed by atoms with Crippen LogP contribution in [0.25, 0.3) is 11.2 Å². The minimum Gasteiger partial charge on any atom is -0.448 e. The quantitative estimate of drug-likeness (QED) is 0.0986. The molecule has 3 fully saturated rings. The number of piperidine rings is 1. The lowest BCUT2D eigenvalue weighted by molar-refractivity contribution is -0.221. The van der Waals surface area contributed by atoms with Crippen molar-refractivity contribution in [1.82, 2.24) is 44.6 Å². The largest absolute Gasteiger partial charge is 0.490 e. The lowest BCUT2D eigenvalue weighted by atomic mass is 9.91. The van der Waals surface area contributed by atoms with E-state index in [-0.39, 0.29) is 41.3 Å². The number of rotatable bonds is 15. The minimum atomic E-state index is -5.61. The Hall–Kier alpha value is -5.90. The SMILES string of the molecule is O=C(O[C@@H]1[C@H](OC(=O)C(F)(F)F)[C@@H](c2nnn(CC3CC3)n2)O[C@H]1n1cnc2c(NCC(c3ccccc3)c3ccccc3)nc(NCCN3CCCCC3)nc21)C(F)(F)F. The smallest absolute Gasteiger partial charge is 0.448 e. The first-order valence-electron chi connectivity index (χ1n) is 19.8. The van der Waals surface area contributed by atoms with Crippen LogP contribution in [-0.2, 0) is 30.3 Å². The highest BCUT2D eigenvalue weighted by Crippen LogP contribution is 2.44. The summed E-state index contributed by atoms with van der Waals surface area (Å²) >= 11 is 0. The fourth-order valence-corrected chi connectivity index (χ4v) is 7.50. The highest BCUT2D eigenvalue weighted by atomic mass is 19.4. The van der Waals surface area contributed by atoms with Crippen molar-refractivity contribution in [2.24, 2.45) is 5.92 Å². The molecule has 0 unspecified atom stereocenters. The molecular formula is C39H41F6N11O5. The van der Waals surface area contributed by atoms with E-state index in [0.717, 1.165) is 72.0 Å². The van der Waals surface area contributed by atoms with Crippen LogP contribution in [0.15, 0.2) is 67.0 Å². The third-order valence-corrected chi connectivity index (χ3v) is 10.7. The van der Waals surface area contributed by atoms with Crippen molar-refractivity contribution in [3.8, 4) is 0 Å². The molecule has 61 heavy (non-hydrogen) atoms. The number of esters is 2. The second kappa shape index (κ2) is 17.6. The van der Waals surface area contributed by atoms with Crippen molar-refractivity contribution >= 4 is 34.9 Å². The molecule has 1 saturated carbocycles. The monoisotopic (exact) mass is 857 g/mol. The Morgan fingerprint density at radius 2 is 1.48 bits per heavy atom. The predicted octanol–water partition coefficient (Wildman–Crippen LogP) is 5.58. The molecule has 2 aromatic carbocycles. The molecule has 16 nitrogen and oxygen atoms in total. The van der Waals surface area contributed by atoms with Crippen molar-refractivity contribution in [2.75, 3.05) is 43.4 Å². The van der Waals surface area contributed by atoms with Gasteiger partial charge in [0.05, 0.1) is 12.9 Å². The first kappa shape index (κ1) is 41.8. The van der Waals surface area contributed by atoms with Gasteiger partial charge in [0.2, 0.25) is 11.8 Å². The first-order chi connectivity index (χ1) is 29.3. The zero-order valence-corrected chi connectivity index (χ0v) is 32.4. The topological polar surface area (TPSA) is 176 Å². The van der Waals surface area contributed by atoms with Crippen molar-refractivity contribution in [3.63, 3.8) is 0 Å². The zero-order valence-electron chi connectivity index (χ0n) is 32.4. The summed E-state index contributed by atoms with van der Waals surface area (Å²) in [4.78, 5) is 42.1. The average molecular weight is 858 g/mol. The number of alkyl halides is 6. The fraction of sp³-hybridized carbons (Fsp3) is 0.487. The van der Waals surface area contributed by atoms with E-state index < -0.39 is 54.7 Å². The molecule has 0 spiro atoms. The number of hydrogen-bond donors (Lipinski definition) is 2. The van der Waals surface area contributed by atoms with Gasteiger partial charge in [-0.15, -0.1) is 10.2 Å². The van der Waals surface area contributed by atoms with Crippen LogP contribution in [0.2, 0.25) is 0 Å². The molecule has 3 aromatic heterocycles. The molecule has 2 aliphatic heterocycles. The summed E-state index contributed by atoms with van der Waals surface area (Å²) in [7, 11) is 0. The van der Waals surface area contributed by atoms with Crippen molar-refractivity contribution in [1.29, 1.82) is 0 Å². The number of hydrogen-bond acceptors (Lipinski definition) is 14. The van der Waals surface area contributed by atoms with Crippen molar-refractivity contribution in [2.45, 2.75) is 81.5 Å². The van der Waals surface area contributed by atoms with Crippen LogP contribution < -0.4 is 10.6 Å². The third kappa shape index (κ3) is 9.85. The van der Waals surface area contributed by atoms with Crippen LogP contribution in [0.3, 0.4) is 0 Å². The number of fused-ring (bicyclic) bond motifs is 1. The number of aromatic nitrogens is 8. The highest BCUT2D eigenvalue weighted by molar-refractivity contribution is 5.84. The van der Waals surface area contributed by atoms with Gasteiger partial charge in [-0.1, -0.05) is 67.1 Å². The molecule has 3 aliphatic rings. The van der Waals surface area contributed by atoms with Crippen LogP contribution >= 0.6 is 0 Å². The molecule has 0 bridgehead atoms. The van der Waals surface area contributed by atoms with E-state index in [1.54, 1.807) is 0 Å². The number of carbonyl (C=O) groups excluding carboxylic acids is 2. The number of likely N-dealkylation sites (tertiary alicyclic amines) is 1. The van der Waals surface area contributed by atoms with E-state index in [1.165, 1.54) is 0 Å². The van der Waals surface area contributed by atoms with E-state index >= 15 is 0 Å². The molecule has 2 N–H and O–H groups in total. The summed E-state index contributed by atoms with van der Waals surface area (Å²) in [6.45, 7) is 3.47. The number of benzene rings is 2. The van der Waals surface area contributed by atoms with E-state index in [0.29, 0.717) is 19.6 Å². The van der Waals surface area contributed by atoms with Gasteiger partial charge in [-0.2, -0.15) is 41.1 Å². The molecule has 5 heterocycles. The molecule has 0 radical (unpaired) electrons. The molecule has 5 aromatic rings. The van der Waals surface area contributed by atoms with Crippen LogP contribution in [0.5, 0.6) is 0 Å². The van der Waals surface area contributed by atoms with Gasteiger partial charge in [-0.3, -0.25) is 4.57 Å². The van der Waals surface area contributed by atoms with Gasteiger partial charge in [0.1, 0.15) is 0 Å². The zero-order chi connectivity index (χ0) is 42.7. The highest BCUT2D eigenvalue weighted by Gasteiger charge is 2.58. The third-order valence-electron chi connectivity index (χ3n) is 10.7. The van der Waals surface area contributed by atoms with Gasteiger partial charge in [0, 0.05) is 25.6 Å². The second-order valence-electron chi connectivity index (χ2n) is 15.1. The van der Waals surface area contributed by atoms with Crippen LogP contribution in [0.4, 0.5) is 38.1 Å². The maximum Gasteiger partial charge on any atom is 0.490 e. The van der Waals surface area contributed by atoms with Gasteiger partial charge in [-0.05, 0) is 61.0 Å². The number of imidazole rings is 1. The van der Waals surface area contributed by atoms with Crippen molar-refractivity contribution < 1.29 is 50.1 Å². The standard InChI is InChI=1S/C39H41F6N11O5/c40-38(41,42)35(57)60-28-29(32-51-53-56(52-32)21-23-14-15-23)59-34(30(28)61-36(58)39(43,44)45)55-22-48-27-31(49-37(50-33(27)55)46-16-19-54-17-8-3-9-18-54)47-20-26(24-10-4-1-5-11-24)25-12-6-2-7-13-25/h1-2,4-7,10-13,22-23,26,28-30,34H,3,8-9,14-21H2,(H2,46,47,49,50)/t28-,29+,30-,34-/m1/s1.